The monoisotopic (exact) mass is 415 g/mol. The number of benzene rings is 1. The molecule has 0 aliphatic heterocycles. The Balaban J connectivity index is 1.57. The fraction of sp³-hybridized carbons (Fsp3) is 0.429. The summed E-state index contributed by atoms with van der Waals surface area (Å²) in [7, 11) is 1.28. The number of nitrogens with one attached hydrogen (secondary N) is 2. The van der Waals surface area contributed by atoms with Gasteiger partial charge in [0.1, 0.15) is 0 Å². The quantitative estimate of drug-likeness (QED) is 0.409. The Labute approximate surface area is 173 Å². The summed E-state index contributed by atoms with van der Waals surface area (Å²) in [6, 6.07) is 7.59. The van der Waals surface area contributed by atoms with Crippen molar-refractivity contribution in [3.63, 3.8) is 0 Å². The first kappa shape index (κ1) is 21.1. The molecule has 0 saturated carbocycles. The van der Waals surface area contributed by atoms with Crippen molar-refractivity contribution in [3.05, 3.63) is 57.0 Å². The zero-order chi connectivity index (χ0) is 20.8. The van der Waals surface area contributed by atoms with Crippen molar-refractivity contribution in [1.29, 1.82) is 0 Å². The fourth-order valence-corrected chi connectivity index (χ4v) is 4.09. The van der Waals surface area contributed by atoms with E-state index in [2.05, 4.69) is 38.2 Å². The molecule has 154 valence electrons. The molecule has 1 amide bonds. The zero-order valence-electron chi connectivity index (χ0n) is 16.6. The minimum absolute atomic E-state index is 0.0878. The summed E-state index contributed by atoms with van der Waals surface area (Å²) in [5.74, 6) is -0.517. The number of aryl methyl sites for hydroxylation is 2. The molecule has 0 unspecified atom stereocenters. The number of H-pyrrole nitrogens is 1. The third-order valence-corrected chi connectivity index (χ3v) is 5.79. The van der Waals surface area contributed by atoms with Gasteiger partial charge in [-0.1, -0.05) is 30.0 Å². The van der Waals surface area contributed by atoms with Gasteiger partial charge in [0.2, 0.25) is 5.91 Å². The summed E-state index contributed by atoms with van der Waals surface area (Å²) in [5.41, 5.74) is 3.83. The summed E-state index contributed by atoms with van der Waals surface area (Å²) < 4.78 is 4.59. The van der Waals surface area contributed by atoms with Crippen molar-refractivity contribution in [2.24, 2.45) is 0 Å². The van der Waals surface area contributed by atoms with Gasteiger partial charge in [-0.15, -0.1) is 0 Å². The van der Waals surface area contributed by atoms with Gasteiger partial charge in [0.25, 0.3) is 5.56 Å². The van der Waals surface area contributed by atoms with Crippen LogP contribution in [-0.2, 0) is 33.6 Å². The van der Waals surface area contributed by atoms with Gasteiger partial charge in [-0.3, -0.25) is 14.4 Å². The number of hydrogen-bond acceptors (Lipinski definition) is 6. The molecule has 0 fully saturated rings. The third kappa shape index (κ3) is 5.93. The molecule has 1 aliphatic carbocycles. The van der Waals surface area contributed by atoms with Crippen molar-refractivity contribution in [1.82, 2.24) is 15.3 Å². The number of carbonyl (C=O) groups is 2. The van der Waals surface area contributed by atoms with Gasteiger partial charge in [0.15, 0.2) is 5.16 Å². The molecule has 0 spiro atoms. The molecule has 0 radical (unpaired) electrons. The van der Waals surface area contributed by atoms with Crippen LogP contribution in [0, 0.1) is 0 Å². The second-order valence-electron chi connectivity index (χ2n) is 7.11. The fourth-order valence-electron chi connectivity index (χ4n) is 3.39. The van der Waals surface area contributed by atoms with E-state index in [1.54, 1.807) is 0 Å². The molecule has 2 N–H and O–H groups in total. The van der Waals surface area contributed by atoms with Gasteiger partial charge >= 0.3 is 5.97 Å². The Morgan fingerprint density at radius 1 is 1.24 bits per heavy atom. The van der Waals surface area contributed by atoms with Gasteiger partial charge in [-0.25, -0.2) is 4.98 Å². The Hall–Kier alpha value is -2.61. The number of methoxy groups -OCH3 is 1. The highest BCUT2D eigenvalue weighted by Gasteiger charge is 2.15. The number of ether oxygens (including phenoxy) is 1. The highest BCUT2D eigenvalue weighted by Crippen LogP contribution is 2.25. The minimum atomic E-state index is -0.476. The Morgan fingerprint density at radius 3 is 2.76 bits per heavy atom. The SMILES string of the molecule is COC(=O)Cc1cc(=O)[nH]c(SCC(=O)N[C@@H](C)c2ccc3c(c2)CCCC3)n1. The molecule has 1 atom stereocenters. The number of nitrogens with zero attached hydrogens (tertiary/aromatic N) is 1. The van der Waals surface area contributed by atoms with Gasteiger partial charge in [-0.2, -0.15) is 0 Å². The van der Waals surface area contributed by atoms with Crippen LogP contribution in [-0.4, -0.2) is 34.7 Å². The summed E-state index contributed by atoms with van der Waals surface area (Å²) >= 11 is 1.12. The van der Waals surface area contributed by atoms with Crippen LogP contribution in [0.2, 0.25) is 0 Å². The average molecular weight is 416 g/mol. The molecule has 2 aromatic rings. The predicted molar refractivity (Wildman–Crippen MR) is 111 cm³/mol. The highest BCUT2D eigenvalue weighted by molar-refractivity contribution is 7.99. The molecule has 3 rings (SSSR count). The van der Waals surface area contributed by atoms with E-state index >= 15 is 0 Å². The smallest absolute Gasteiger partial charge is 0.311 e. The van der Waals surface area contributed by atoms with Gasteiger partial charge in [-0.05, 0) is 49.3 Å². The number of carbonyl (C=O) groups excluding carboxylic acids is 2. The number of aromatic nitrogens is 2. The van der Waals surface area contributed by atoms with E-state index in [0.717, 1.165) is 30.2 Å². The van der Waals surface area contributed by atoms with Crippen LogP contribution >= 0.6 is 11.8 Å². The highest BCUT2D eigenvalue weighted by atomic mass is 32.2. The lowest BCUT2D eigenvalue weighted by molar-refractivity contribution is -0.139. The molecular formula is C21H25N3O4S. The molecule has 1 aromatic heterocycles. The van der Waals surface area contributed by atoms with Crippen LogP contribution in [0.4, 0.5) is 0 Å². The summed E-state index contributed by atoms with van der Waals surface area (Å²) in [5, 5.41) is 3.29. The first-order chi connectivity index (χ1) is 13.9. The van der Waals surface area contributed by atoms with E-state index in [0.29, 0.717) is 10.9 Å². The lowest BCUT2D eigenvalue weighted by atomic mass is 9.89. The van der Waals surface area contributed by atoms with Crippen LogP contribution in [0.1, 0.15) is 48.2 Å². The van der Waals surface area contributed by atoms with Crippen molar-refractivity contribution >= 4 is 23.6 Å². The molecular weight excluding hydrogens is 390 g/mol. The lowest BCUT2D eigenvalue weighted by Crippen LogP contribution is -2.28. The van der Waals surface area contributed by atoms with Crippen LogP contribution in [0.15, 0.2) is 34.2 Å². The number of esters is 1. The summed E-state index contributed by atoms with van der Waals surface area (Å²) in [6.07, 6.45) is 4.60. The number of fused-ring (bicyclic) bond motifs is 1. The van der Waals surface area contributed by atoms with Crippen LogP contribution in [0.5, 0.6) is 0 Å². The maximum absolute atomic E-state index is 12.4. The van der Waals surface area contributed by atoms with Crippen LogP contribution < -0.4 is 10.9 Å². The summed E-state index contributed by atoms with van der Waals surface area (Å²) in [4.78, 5) is 42.3. The Bertz CT molecular complexity index is 957. The predicted octanol–water partition coefficient (Wildman–Crippen LogP) is 2.33. The van der Waals surface area contributed by atoms with Gasteiger partial charge in [0, 0.05) is 6.07 Å². The Morgan fingerprint density at radius 2 is 2.00 bits per heavy atom. The van der Waals surface area contributed by atoms with E-state index in [-0.39, 0.29) is 29.7 Å². The minimum Gasteiger partial charge on any atom is -0.469 e. The normalized spacial score (nSPS) is 14.0. The second-order valence-corrected chi connectivity index (χ2v) is 8.07. The van der Waals surface area contributed by atoms with E-state index in [1.165, 1.54) is 37.1 Å². The van der Waals surface area contributed by atoms with E-state index < -0.39 is 5.97 Å². The van der Waals surface area contributed by atoms with E-state index in [4.69, 9.17) is 0 Å². The number of hydrogen-bond donors (Lipinski definition) is 2. The second kappa shape index (κ2) is 9.73. The maximum atomic E-state index is 12.4. The third-order valence-electron chi connectivity index (χ3n) is 4.92. The standard InChI is InChI=1S/C21H25N3O4S/c1-13(15-8-7-14-5-3-4-6-16(14)9-15)22-19(26)12-29-21-23-17(10-18(25)24-21)11-20(27)28-2/h7-10,13H,3-6,11-12H2,1-2H3,(H,22,26)(H,23,24,25)/t13-/m0/s1. The van der Waals surface area contributed by atoms with E-state index in [1.807, 2.05) is 6.92 Å². The molecule has 0 saturated heterocycles. The van der Waals surface area contributed by atoms with Crippen molar-refractivity contribution in [2.75, 3.05) is 12.9 Å². The molecule has 7 nitrogen and oxygen atoms in total. The lowest BCUT2D eigenvalue weighted by Gasteiger charge is -2.20. The molecule has 0 bridgehead atoms. The number of rotatable bonds is 7. The van der Waals surface area contributed by atoms with E-state index in [9.17, 15) is 14.4 Å². The van der Waals surface area contributed by atoms with Gasteiger partial charge < -0.3 is 15.0 Å². The number of amides is 1. The van der Waals surface area contributed by atoms with Crippen molar-refractivity contribution in [2.45, 2.75) is 50.2 Å². The molecule has 1 aromatic carbocycles. The van der Waals surface area contributed by atoms with Gasteiger partial charge in [0.05, 0.1) is 31.0 Å². The molecule has 1 aliphatic rings. The largest absolute Gasteiger partial charge is 0.469 e. The molecule has 29 heavy (non-hydrogen) atoms. The van der Waals surface area contributed by atoms with Crippen LogP contribution in [0.25, 0.3) is 0 Å². The Kier molecular flexibility index (Phi) is 7.09. The van der Waals surface area contributed by atoms with Crippen molar-refractivity contribution in [3.8, 4) is 0 Å². The maximum Gasteiger partial charge on any atom is 0.311 e. The average Bonchev–Trinajstić information content (AvgIpc) is 2.71. The number of aromatic amines is 1. The topological polar surface area (TPSA) is 101 Å². The summed E-state index contributed by atoms with van der Waals surface area (Å²) in [6.45, 7) is 1.96. The molecule has 1 heterocycles. The zero-order valence-corrected chi connectivity index (χ0v) is 17.4. The number of thioether (sulfide) groups is 1. The molecule has 8 heteroatoms. The van der Waals surface area contributed by atoms with Crippen molar-refractivity contribution < 1.29 is 14.3 Å². The first-order valence-electron chi connectivity index (χ1n) is 9.65. The van der Waals surface area contributed by atoms with Crippen LogP contribution in [0.3, 0.4) is 0 Å². The first-order valence-corrected chi connectivity index (χ1v) is 10.6.